The molecule has 2 rings (SSSR count). The number of nitrogens with one attached hydrogen (secondary N) is 3. The van der Waals surface area contributed by atoms with Gasteiger partial charge in [0.1, 0.15) is 6.04 Å². The van der Waals surface area contributed by atoms with Gasteiger partial charge in [-0.15, -0.1) is 0 Å². The van der Waals surface area contributed by atoms with E-state index in [0.29, 0.717) is 5.56 Å². The van der Waals surface area contributed by atoms with E-state index < -0.39 is 17.9 Å². The molecule has 0 aliphatic heterocycles. The number of amides is 2. The average molecular weight is 342 g/mol. The van der Waals surface area contributed by atoms with Gasteiger partial charge in [-0.1, -0.05) is 36.4 Å². The van der Waals surface area contributed by atoms with Crippen molar-refractivity contribution < 1.29 is 14.8 Å². The second-order valence-corrected chi connectivity index (χ2v) is 5.54. The third-order valence-electron chi connectivity index (χ3n) is 3.78. The number of rotatable bonds is 7. The summed E-state index contributed by atoms with van der Waals surface area (Å²) in [5.74, 6) is -1.19. The molecule has 2 aromatic rings. The van der Waals surface area contributed by atoms with Gasteiger partial charge in [-0.2, -0.15) is 0 Å². The van der Waals surface area contributed by atoms with E-state index >= 15 is 0 Å². The standard InChI is InChI=1S/C18H22N4O3/c1-20-11-12-2-4-13(5-3-12)14-6-8-15(9-7-14)17(23)21-16(10-19)18(24)22-25/h2-9,16,20,25H,10-11,19H2,1H3,(H,21,23)(H,22,24)/t16-/m0/s1. The maximum absolute atomic E-state index is 12.2. The highest BCUT2D eigenvalue weighted by Crippen LogP contribution is 2.20. The lowest BCUT2D eigenvalue weighted by atomic mass is 10.0. The van der Waals surface area contributed by atoms with E-state index in [0.717, 1.165) is 17.7 Å². The Balaban J connectivity index is 2.08. The van der Waals surface area contributed by atoms with Crippen LogP contribution in [0.1, 0.15) is 15.9 Å². The number of nitrogens with two attached hydrogens (primary N) is 1. The quantitative estimate of drug-likeness (QED) is 0.374. The molecule has 0 aliphatic rings. The molecule has 7 nitrogen and oxygen atoms in total. The van der Waals surface area contributed by atoms with E-state index in [2.05, 4.69) is 10.6 Å². The van der Waals surface area contributed by atoms with Crippen LogP contribution in [0.3, 0.4) is 0 Å². The molecule has 0 unspecified atom stereocenters. The van der Waals surface area contributed by atoms with Crippen LogP contribution < -0.4 is 21.8 Å². The van der Waals surface area contributed by atoms with Gasteiger partial charge < -0.3 is 16.4 Å². The molecule has 1 atom stereocenters. The summed E-state index contributed by atoms with van der Waals surface area (Å²) in [6.45, 7) is 0.693. The van der Waals surface area contributed by atoms with Gasteiger partial charge >= 0.3 is 0 Å². The molecule has 0 bridgehead atoms. The van der Waals surface area contributed by atoms with Crippen LogP contribution in [-0.2, 0) is 11.3 Å². The Labute approximate surface area is 146 Å². The number of hydrogen-bond donors (Lipinski definition) is 5. The lowest BCUT2D eigenvalue weighted by Gasteiger charge is -2.14. The molecule has 0 saturated carbocycles. The molecule has 132 valence electrons. The Hall–Kier alpha value is -2.74. The first-order valence-electron chi connectivity index (χ1n) is 7.88. The summed E-state index contributed by atoms with van der Waals surface area (Å²) in [6, 6.07) is 14.2. The molecule has 0 radical (unpaired) electrons. The number of hydroxylamine groups is 1. The highest BCUT2D eigenvalue weighted by molar-refractivity contribution is 5.97. The molecule has 0 spiro atoms. The Kier molecular flexibility index (Phi) is 6.64. The Morgan fingerprint density at radius 2 is 1.60 bits per heavy atom. The Morgan fingerprint density at radius 3 is 2.08 bits per heavy atom. The summed E-state index contributed by atoms with van der Waals surface area (Å²) >= 11 is 0. The van der Waals surface area contributed by atoms with Gasteiger partial charge in [0.05, 0.1) is 0 Å². The fourth-order valence-electron chi connectivity index (χ4n) is 2.38. The molecule has 7 heteroatoms. The molecule has 0 saturated heterocycles. The van der Waals surface area contributed by atoms with Crippen molar-refractivity contribution in [2.75, 3.05) is 13.6 Å². The predicted molar refractivity (Wildman–Crippen MR) is 94.9 cm³/mol. The molecule has 25 heavy (non-hydrogen) atoms. The van der Waals surface area contributed by atoms with Gasteiger partial charge in [0.15, 0.2) is 0 Å². The fourth-order valence-corrected chi connectivity index (χ4v) is 2.38. The highest BCUT2D eigenvalue weighted by Gasteiger charge is 2.19. The molecule has 0 fully saturated rings. The minimum atomic E-state index is -0.989. The Bertz CT molecular complexity index is 714. The van der Waals surface area contributed by atoms with Gasteiger partial charge in [-0.05, 0) is 35.9 Å². The summed E-state index contributed by atoms with van der Waals surface area (Å²) < 4.78 is 0. The molecular formula is C18H22N4O3. The van der Waals surface area contributed by atoms with Crippen molar-refractivity contribution in [3.05, 3.63) is 59.7 Å². The van der Waals surface area contributed by atoms with E-state index in [9.17, 15) is 9.59 Å². The monoisotopic (exact) mass is 342 g/mol. The molecule has 0 aromatic heterocycles. The van der Waals surface area contributed by atoms with Crippen LogP contribution in [0.5, 0.6) is 0 Å². The molecule has 0 aliphatic carbocycles. The summed E-state index contributed by atoms with van der Waals surface area (Å²) in [5, 5.41) is 14.2. The van der Waals surface area contributed by atoms with Gasteiger partial charge in [0.25, 0.3) is 11.8 Å². The van der Waals surface area contributed by atoms with Gasteiger partial charge in [0, 0.05) is 18.7 Å². The normalized spacial score (nSPS) is 11.6. The van der Waals surface area contributed by atoms with Crippen LogP contribution in [0.15, 0.2) is 48.5 Å². The average Bonchev–Trinajstić information content (AvgIpc) is 2.66. The van der Waals surface area contributed by atoms with Crippen LogP contribution >= 0.6 is 0 Å². The minimum absolute atomic E-state index is 0.116. The minimum Gasteiger partial charge on any atom is -0.339 e. The zero-order chi connectivity index (χ0) is 18.2. The summed E-state index contributed by atoms with van der Waals surface area (Å²) in [4.78, 5) is 23.5. The Morgan fingerprint density at radius 1 is 1.04 bits per heavy atom. The molecular weight excluding hydrogens is 320 g/mol. The van der Waals surface area contributed by atoms with Crippen molar-refractivity contribution in [2.24, 2.45) is 5.73 Å². The molecule has 0 heterocycles. The number of carbonyl (C=O) groups excluding carboxylic acids is 2. The van der Waals surface area contributed by atoms with Crippen molar-refractivity contribution in [3.8, 4) is 11.1 Å². The van der Waals surface area contributed by atoms with E-state index in [-0.39, 0.29) is 6.54 Å². The maximum atomic E-state index is 12.2. The van der Waals surface area contributed by atoms with Crippen molar-refractivity contribution in [2.45, 2.75) is 12.6 Å². The maximum Gasteiger partial charge on any atom is 0.267 e. The lowest BCUT2D eigenvalue weighted by molar-refractivity contribution is -0.130. The van der Waals surface area contributed by atoms with Gasteiger partial charge in [0.2, 0.25) is 0 Å². The second kappa shape index (κ2) is 8.93. The first kappa shape index (κ1) is 18.6. The smallest absolute Gasteiger partial charge is 0.267 e. The van der Waals surface area contributed by atoms with E-state index in [4.69, 9.17) is 10.9 Å². The van der Waals surface area contributed by atoms with Crippen LogP contribution in [0.2, 0.25) is 0 Å². The summed E-state index contributed by atoms with van der Waals surface area (Å²) in [7, 11) is 1.90. The first-order chi connectivity index (χ1) is 12.1. The van der Waals surface area contributed by atoms with E-state index in [1.165, 1.54) is 11.0 Å². The fraction of sp³-hybridized carbons (Fsp3) is 0.222. The second-order valence-electron chi connectivity index (χ2n) is 5.54. The summed E-state index contributed by atoms with van der Waals surface area (Å²) in [6.07, 6.45) is 0. The zero-order valence-corrected chi connectivity index (χ0v) is 14.0. The highest BCUT2D eigenvalue weighted by atomic mass is 16.5. The van der Waals surface area contributed by atoms with Gasteiger partial charge in [-0.25, -0.2) is 5.48 Å². The largest absolute Gasteiger partial charge is 0.339 e. The third-order valence-corrected chi connectivity index (χ3v) is 3.78. The van der Waals surface area contributed by atoms with Gasteiger partial charge in [-0.3, -0.25) is 14.8 Å². The molecule has 2 aromatic carbocycles. The van der Waals surface area contributed by atoms with Crippen molar-refractivity contribution >= 4 is 11.8 Å². The predicted octanol–water partition coefficient (Wildman–Crippen LogP) is 0.636. The SMILES string of the molecule is CNCc1ccc(-c2ccc(C(=O)N[C@@H](CN)C(=O)NO)cc2)cc1. The van der Waals surface area contributed by atoms with Crippen LogP contribution in [0.25, 0.3) is 11.1 Å². The summed E-state index contributed by atoms with van der Waals surface area (Å²) in [5.41, 5.74) is 10.5. The molecule has 6 N–H and O–H groups in total. The van der Waals surface area contributed by atoms with Crippen LogP contribution in [-0.4, -0.2) is 36.7 Å². The number of benzene rings is 2. The molecule has 2 amide bonds. The van der Waals surface area contributed by atoms with E-state index in [1.807, 2.05) is 43.4 Å². The van der Waals surface area contributed by atoms with Crippen molar-refractivity contribution in [3.63, 3.8) is 0 Å². The lowest BCUT2D eigenvalue weighted by Crippen LogP contribution is -2.50. The van der Waals surface area contributed by atoms with E-state index in [1.54, 1.807) is 12.1 Å². The first-order valence-corrected chi connectivity index (χ1v) is 7.88. The van der Waals surface area contributed by atoms with Crippen molar-refractivity contribution in [1.82, 2.24) is 16.1 Å². The number of carbonyl (C=O) groups is 2. The van der Waals surface area contributed by atoms with Crippen LogP contribution in [0.4, 0.5) is 0 Å². The topological polar surface area (TPSA) is 116 Å². The zero-order valence-electron chi connectivity index (χ0n) is 14.0. The van der Waals surface area contributed by atoms with Crippen LogP contribution in [0, 0.1) is 0 Å². The number of hydrogen-bond acceptors (Lipinski definition) is 5. The van der Waals surface area contributed by atoms with Crippen molar-refractivity contribution in [1.29, 1.82) is 0 Å². The third kappa shape index (κ3) is 4.87.